The number of halogens is 2. The van der Waals surface area contributed by atoms with Gasteiger partial charge in [0.25, 0.3) is 11.8 Å². The van der Waals surface area contributed by atoms with Crippen LogP contribution in [0.15, 0.2) is 42.0 Å². The normalized spacial score (nSPS) is 18.3. The van der Waals surface area contributed by atoms with Gasteiger partial charge >= 0.3 is 6.03 Å². The van der Waals surface area contributed by atoms with E-state index in [9.17, 15) is 18.8 Å². The van der Waals surface area contributed by atoms with Gasteiger partial charge in [-0.05, 0) is 76.9 Å². The van der Waals surface area contributed by atoms with Crippen molar-refractivity contribution < 1.29 is 28.2 Å². The monoisotopic (exact) mass is 578 g/mol. The Balaban J connectivity index is 1.59. The highest BCUT2D eigenvalue weighted by Crippen LogP contribution is 2.35. The van der Waals surface area contributed by atoms with Gasteiger partial charge in [0, 0.05) is 6.04 Å². The smallest absolute Gasteiger partial charge is 0.331 e. The van der Waals surface area contributed by atoms with Crippen LogP contribution in [-0.2, 0) is 16.2 Å². The maximum absolute atomic E-state index is 13.1. The summed E-state index contributed by atoms with van der Waals surface area (Å²) in [6.07, 6.45) is 5.93. The summed E-state index contributed by atoms with van der Waals surface area (Å²) in [5.41, 5.74) is 1.26. The SMILES string of the molecule is COc1cc(C=C2C(=O)NC(=O)N(C3CCCCC3)C2=O)cc(I)c1OCc1ccc(F)cc1. The summed E-state index contributed by atoms with van der Waals surface area (Å²) in [5.74, 6) is -0.699. The number of nitrogens with zero attached hydrogens (tertiary/aromatic N) is 1. The fourth-order valence-corrected chi connectivity index (χ4v) is 4.99. The van der Waals surface area contributed by atoms with E-state index < -0.39 is 17.8 Å². The molecule has 1 saturated carbocycles. The van der Waals surface area contributed by atoms with Crippen molar-refractivity contribution in [2.75, 3.05) is 7.11 Å². The molecular formula is C25H24FIN2O5. The van der Waals surface area contributed by atoms with Crippen molar-refractivity contribution in [2.24, 2.45) is 0 Å². The van der Waals surface area contributed by atoms with E-state index in [0.717, 1.165) is 37.7 Å². The lowest BCUT2D eigenvalue weighted by molar-refractivity contribution is -0.132. The van der Waals surface area contributed by atoms with Crippen LogP contribution >= 0.6 is 22.6 Å². The number of hydrogen-bond donors (Lipinski definition) is 1. The first-order chi connectivity index (χ1) is 16.4. The minimum atomic E-state index is -0.715. The van der Waals surface area contributed by atoms with E-state index in [4.69, 9.17) is 9.47 Å². The molecule has 0 aromatic heterocycles. The lowest BCUT2D eigenvalue weighted by Gasteiger charge is -2.35. The van der Waals surface area contributed by atoms with Crippen LogP contribution in [0.5, 0.6) is 11.5 Å². The van der Waals surface area contributed by atoms with Crippen LogP contribution in [0.1, 0.15) is 43.2 Å². The molecule has 0 bridgehead atoms. The van der Waals surface area contributed by atoms with Crippen LogP contribution in [0.4, 0.5) is 9.18 Å². The summed E-state index contributed by atoms with van der Waals surface area (Å²) < 4.78 is 25.2. The van der Waals surface area contributed by atoms with Gasteiger partial charge in [0.15, 0.2) is 11.5 Å². The fourth-order valence-electron chi connectivity index (χ4n) is 4.21. The van der Waals surface area contributed by atoms with Crippen molar-refractivity contribution in [1.29, 1.82) is 0 Å². The number of barbiturate groups is 1. The second-order valence-electron chi connectivity index (χ2n) is 8.23. The van der Waals surface area contributed by atoms with E-state index in [-0.39, 0.29) is 24.0 Å². The molecule has 1 N–H and O–H groups in total. The summed E-state index contributed by atoms with van der Waals surface area (Å²) in [5, 5.41) is 2.30. The van der Waals surface area contributed by atoms with E-state index >= 15 is 0 Å². The number of carbonyl (C=O) groups excluding carboxylic acids is 3. The molecule has 2 aromatic carbocycles. The molecular weight excluding hydrogens is 554 g/mol. The van der Waals surface area contributed by atoms with E-state index in [0.29, 0.717) is 20.6 Å². The predicted molar refractivity (Wildman–Crippen MR) is 132 cm³/mol. The minimum absolute atomic E-state index is 0.0944. The van der Waals surface area contributed by atoms with Gasteiger partial charge in [-0.1, -0.05) is 31.4 Å². The van der Waals surface area contributed by atoms with Gasteiger partial charge in [-0.3, -0.25) is 19.8 Å². The highest BCUT2D eigenvalue weighted by molar-refractivity contribution is 14.1. The Kier molecular flexibility index (Phi) is 7.50. The molecule has 0 atom stereocenters. The van der Waals surface area contributed by atoms with Gasteiger partial charge in [-0.2, -0.15) is 0 Å². The number of urea groups is 1. The van der Waals surface area contributed by atoms with Crippen LogP contribution in [0, 0.1) is 9.39 Å². The van der Waals surface area contributed by atoms with Gasteiger partial charge in [0.05, 0.1) is 10.7 Å². The Morgan fingerprint density at radius 3 is 2.50 bits per heavy atom. The molecule has 4 rings (SSSR count). The molecule has 2 fully saturated rings. The standard InChI is InChI=1S/C25H24FIN2O5/c1-33-21-13-16(12-20(27)22(21)34-14-15-7-9-17(26)10-8-15)11-19-23(30)28-25(32)29(24(19)31)18-5-3-2-4-6-18/h7-13,18H,2-6,14H2,1H3,(H,28,30,32). The third kappa shape index (κ3) is 5.24. The largest absolute Gasteiger partial charge is 0.493 e. The van der Waals surface area contributed by atoms with Crippen molar-refractivity contribution in [3.63, 3.8) is 0 Å². The first-order valence-electron chi connectivity index (χ1n) is 11.0. The summed E-state index contributed by atoms with van der Waals surface area (Å²) >= 11 is 2.09. The molecule has 0 spiro atoms. The van der Waals surface area contributed by atoms with E-state index in [1.165, 1.54) is 30.2 Å². The van der Waals surface area contributed by atoms with E-state index in [2.05, 4.69) is 27.9 Å². The number of imide groups is 2. The number of benzene rings is 2. The minimum Gasteiger partial charge on any atom is -0.493 e. The molecule has 2 aromatic rings. The Bertz CT molecular complexity index is 1140. The van der Waals surface area contributed by atoms with Crippen LogP contribution in [0.2, 0.25) is 0 Å². The number of nitrogens with one attached hydrogen (secondary N) is 1. The van der Waals surface area contributed by atoms with Crippen molar-refractivity contribution in [3.05, 3.63) is 62.5 Å². The molecule has 1 saturated heterocycles. The first kappa shape index (κ1) is 24.2. The lowest BCUT2D eigenvalue weighted by Crippen LogP contribution is -2.58. The summed E-state index contributed by atoms with van der Waals surface area (Å²) in [7, 11) is 1.50. The number of rotatable bonds is 6. The van der Waals surface area contributed by atoms with Crippen LogP contribution < -0.4 is 14.8 Å². The van der Waals surface area contributed by atoms with Gasteiger partial charge < -0.3 is 9.47 Å². The summed E-state index contributed by atoms with van der Waals surface area (Å²) in [6, 6.07) is 8.58. The Labute approximate surface area is 210 Å². The number of ether oxygens (including phenoxy) is 2. The predicted octanol–water partition coefficient (Wildman–Crippen LogP) is 4.81. The molecule has 0 unspecified atom stereocenters. The van der Waals surface area contributed by atoms with Gasteiger partial charge in [-0.15, -0.1) is 0 Å². The average Bonchev–Trinajstić information content (AvgIpc) is 2.82. The zero-order chi connectivity index (χ0) is 24.2. The summed E-state index contributed by atoms with van der Waals surface area (Å²) in [4.78, 5) is 39.2. The van der Waals surface area contributed by atoms with Crippen LogP contribution in [0.25, 0.3) is 6.08 Å². The third-order valence-electron chi connectivity index (χ3n) is 5.93. The molecule has 178 valence electrons. The highest BCUT2D eigenvalue weighted by atomic mass is 127. The molecule has 1 heterocycles. The molecule has 4 amide bonds. The fraction of sp³-hybridized carbons (Fsp3) is 0.320. The van der Waals surface area contributed by atoms with Gasteiger partial charge in [0.2, 0.25) is 0 Å². The number of amides is 4. The number of carbonyl (C=O) groups is 3. The van der Waals surface area contributed by atoms with Crippen LogP contribution in [-0.4, -0.2) is 35.9 Å². The lowest BCUT2D eigenvalue weighted by atomic mass is 9.93. The Morgan fingerprint density at radius 1 is 1.12 bits per heavy atom. The zero-order valence-corrected chi connectivity index (χ0v) is 20.8. The number of methoxy groups -OCH3 is 1. The molecule has 34 heavy (non-hydrogen) atoms. The van der Waals surface area contributed by atoms with Crippen LogP contribution in [0.3, 0.4) is 0 Å². The molecule has 9 heteroatoms. The highest BCUT2D eigenvalue weighted by Gasteiger charge is 2.40. The van der Waals surface area contributed by atoms with Crippen molar-refractivity contribution in [2.45, 2.75) is 44.8 Å². The topological polar surface area (TPSA) is 84.9 Å². The summed E-state index contributed by atoms with van der Waals surface area (Å²) in [6.45, 7) is 0.215. The molecule has 1 aliphatic heterocycles. The van der Waals surface area contributed by atoms with Crippen molar-refractivity contribution in [1.82, 2.24) is 10.2 Å². The Hall–Kier alpha value is -2.95. The number of hydrogen-bond acceptors (Lipinski definition) is 5. The quantitative estimate of drug-likeness (QED) is 0.302. The second kappa shape index (κ2) is 10.5. The molecule has 1 aliphatic carbocycles. The van der Waals surface area contributed by atoms with E-state index in [1.807, 2.05) is 0 Å². The maximum atomic E-state index is 13.1. The Morgan fingerprint density at radius 2 is 1.82 bits per heavy atom. The van der Waals surface area contributed by atoms with Crippen molar-refractivity contribution in [3.8, 4) is 11.5 Å². The average molecular weight is 578 g/mol. The molecule has 2 aliphatic rings. The third-order valence-corrected chi connectivity index (χ3v) is 6.73. The molecule has 0 radical (unpaired) electrons. The van der Waals surface area contributed by atoms with Gasteiger partial charge in [-0.25, -0.2) is 9.18 Å². The molecule has 7 nitrogen and oxygen atoms in total. The van der Waals surface area contributed by atoms with Gasteiger partial charge in [0.1, 0.15) is 18.0 Å². The second-order valence-corrected chi connectivity index (χ2v) is 9.40. The zero-order valence-electron chi connectivity index (χ0n) is 18.6. The van der Waals surface area contributed by atoms with E-state index in [1.54, 1.807) is 24.3 Å². The first-order valence-corrected chi connectivity index (χ1v) is 12.1. The maximum Gasteiger partial charge on any atom is 0.331 e. The van der Waals surface area contributed by atoms with Crippen molar-refractivity contribution >= 4 is 46.5 Å².